The highest BCUT2D eigenvalue weighted by atomic mass is 32.1. The zero-order valence-corrected chi connectivity index (χ0v) is 7.60. The fraction of sp³-hybridized carbons (Fsp3) is 0.222. The SMILES string of the molecule is Cc1cccc(C)c1.N#CS. The molecule has 0 amide bonds. The summed E-state index contributed by atoms with van der Waals surface area (Å²) < 4.78 is 0. The first kappa shape index (κ1) is 10.1. The lowest BCUT2D eigenvalue weighted by Crippen LogP contribution is -1.71. The predicted octanol–water partition coefficient (Wildman–Crippen LogP) is 2.70. The van der Waals surface area contributed by atoms with Crippen molar-refractivity contribution < 1.29 is 0 Å². The summed E-state index contributed by atoms with van der Waals surface area (Å²) in [5.41, 5.74) is 2.68. The van der Waals surface area contributed by atoms with Crippen LogP contribution in [0.5, 0.6) is 0 Å². The number of nitrogens with zero attached hydrogens (tertiary/aromatic N) is 1. The van der Waals surface area contributed by atoms with Crippen molar-refractivity contribution in [3.8, 4) is 5.40 Å². The number of rotatable bonds is 0. The molecule has 0 bridgehead atoms. The maximum Gasteiger partial charge on any atom is 0.130 e. The largest absolute Gasteiger partial charge is 0.185 e. The van der Waals surface area contributed by atoms with Crippen LogP contribution in [0.15, 0.2) is 24.3 Å². The average molecular weight is 165 g/mol. The molecule has 0 aromatic heterocycles. The highest BCUT2D eigenvalue weighted by molar-refractivity contribution is 7.85. The molecule has 0 heterocycles. The number of nitriles is 1. The maximum atomic E-state index is 7.18. The number of hydrogen-bond donors (Lipinski definition) is 1. The van der Waals surface area contributed by atoms with E-state index in [9.17, 15) is 0 Å². The molecular weight excluding hydrogens is 154 g/mol. The van der Waals surface area contributed by atoms with Gasteiger partial charge >= 0.3 is 0 Å². The summed E-state index contributed by atoms with van der Waals surface area (Å²) in [4.78, 5) is 0. The molecule has 0 aliphatic rings. The summed E-state index contributed by atoms with van der Waals surface area (Å²) in [6, 6.07) is 8.45. The lowest BCUT2D eigenvalue weighted by molar-refractivity contribution is 1.39. The van der Waals surface area contributed by atoms with Gasteiger partial charge in [-0.3, -0.25) is 0 Å². The summed E-state index contributed by atoms with van der Waals surface area (Å²) in [5, 5.41) is 8.63. The Kier molecular flexibility index (Phi) is 5.32. The normalized spacial score (nSPS) is 7.45. The lowest BCUT2D eigenvalue weighted by atomic mass is 10.2. The van der Waals surface area contributed by atoms with E-state index in [0.29, 0.717) is 0 Å². The van der Waals surface area contributed by atoms with Gasteiger partial charge in [-0.15, -0.1) is 0 Å². The third-order valence-electron chi connectivity index (χ3n) is 1.17. The Bertz CT molecular complexity index is 233. The zero-order valence-electron chi connectivity index (χ0n) is 6.70. The Balaban J connectivity index is 0.000000292. The van der Waals surface area contributed by atoms with Crippen LogP contribution in [0.3, 0.4) is 0 Å². The van der Waals surface area contributed by atoms with Crippen LogP contribution in [0.2, 0.25) is 0 Å². The molecule has 1 aromatic carbocycles. The van der Waals surface area contributed by atoms with Gasteiger partial charge in [0, 0.05) is 0 Å². The zero-order chi connectivity index (χ0) is 8.69. The summed E-state index contributed by atoms with van der Waals surface area (Å²) in [7, 11) is 0. The van der Waals surface area contributed by atoms with Gasteiger partial charge in [0.15, 0.2) is 0 Å². The van der Waals surface area contributed by atoms with Gasteiger partial charge in [-0.05, 0) is 13.8 Å². The van der Waals surface area contributed by atoms with E-state index in [1.54, 1.807) is 0 Å². The van der Waals surface area contributed by atoms with E-state index in [-0.39, 0.29) is 0 Å². The first-order valence-electron chi connectivity index (χ1n) is 3.27. The lowest BCUT2D eigenvalue weighted by Gasteiger charge is -1.90. The van der Waals surface area contributed by atoms with Crippen LogP contribution in [0.4, 0.5) is 0 Å². The fourth-order valence-electron chi connectivity index (χ4n) is 0.807. The first-order valence-corrected chi connectivity index (χ1v) is 3.72. The third kappa shape index (κ3) is 5.50. The van der Waals surface area contributed by atoms with Gasteiger partial charge < -0.3 is 0 Å². The Morgan fingerprint density at radius 2 is 1.64 bits per heavy atom. The Labute approximate surface area is 73.1 Å². The smallest absolute Gasteiger partial charge is 0.130 e. The van der Waals surface area contributed by atoms with E-state index in [2.05, 4.69) is 50.7 Å². The van der Waals surface area contributed by atoms with Crippen molar-refractivity contribution >= 4 is 12.6 Å². The molecule has 0 saturated heterocycles. The monoisotopic (exact) mass is 165 g/mol. The maximum absolute atomic E-state index is 7.18. The Morgan fingerprint density at radius 3 is 1.82 bits per heavy atom. The van der Waals surface area contributed by atoms with Gasteiger partial charge in [-0.25, -0.2) is 0 Å². The molecule has 0 radical (unpaired) electrons. The second-order valence-corrected chi connectivity index (χ2v) is 2.46. The molecule has 1 rings (SSSR count). The summed E-state index contributed by atoms with van der Waals surface area (Å²) in [5.74, 6) is 0. The van der Waals surface area contributed by atoms with Crippen LogP contribution >= 0.6 is 12.6 Å². The molecule has 0 atom stereocenters. The Hall–Kier alpha value is -0.940. The standard InChI is InChI=1S/C8H10.CHNS/c1-7-4-3-5-8(2)6-7;2-1-3/h3-6H,1-2H3;3H. The molecule has 1 aromatic rings. The van der Waals surface area contributed by atoms with Gasteiger partial charge in [-0.2, -0.15) is 5.26 Å². The van der Waals surface area contributed by atoms with Crippen molar-refractivity contribution in [1.82, 2.24) is 0 Å². The van der Waals surface area contributed by atoms with Crippen LogP contribution in [-0.2, 0) is 0 Å². The van der Waals surface area contributed by atoms with Crippen LogP contribution in [0.1, 0.15) is 11.1 Å². The molecule has 0 saturated carbocycles. The minimum absolute atomic E-state index is 1.34. The van der Waals surface area contributed by atoms with Gasteiger partial charge in [0.1, 0.15) is 5.40 Å². The minimum Gasteiger partial charge on any atom is -0.185 e. The molecule has 58 valence electrons. The third-order valence-corrected chi connectivity index (χ3v) is 1.17. The molecule has 0 fully saturated rings. The molecule has 0 aliphatic heterocycles. The molecule has 0 N–H and O–H groups in total. The number of thiol groups is 1. The predicted molar refractivity (Wildman–Crippen MR) is 50.5 cm³/mol. The molecule has 0 unspecified atom stereocenters. The summed E-state index contributed by atoms with van der Waals surface area (Å²) >= 11 is 3.09. The van der Waals surface area contributed by atoms with Crippen LogP contribution < -0.4 is 0 Å². The van der Waals surface area contributed by atoms with Crippen LogP contribution in [0.25, 0.3) is 0 Å². The first-order chi connectivity index (χ1) is 5.20. The second kappa shape index (κ2) is 5.82. The van der Waals surface area contributed by atoms with Gasteiger partial charge in [0.25, 0.3) is 0 Å². The van der Waals surface area contributed by atoms with Gasteiger partial charge in [0.2, 0.25) is 0 Å². The number of benzene rings is 1. The van der Waals surface area contributed by atoms with Gasteiger partial charge in [-0.1, -0.05) is 48.0 Å². The molecular formula is C9H11NS. The van der Waals surface area contributed by atoms with Crippen LogP contribution in [0, 0.1) is 24.5 Å². The summed E-state index contributed by atoms with van der Waals surface area (Å²) in [6.07, 6.45) is 0. The number of aryl methyl sites for hydroxylation is 2. The van der Waals surface area contributed by atoms with Crippen LogP contribution in [-0.4, -0.2) is 0 Å². The second-order valence-electron chi connectivity index (χ2n) is 2.26. The van der Waals surface area contributed by atoms with Crippen molar-refractivity contribution in [3.05, 3.63) is 35.4 Å². The topological polar surface area (TPSA) is 23.8 Å². The van der Waals surface area contributed by atoms with E-state index >= 15 is 0 Å². The molecule has 1 nitrogen and oxygen atoms in total. The molecule has 11 heavy (non-hydrogen) atoms. The quantitative estimate of drug-likeness (QED) is 0.464. The highest BCUT2D eigenvalue weighted by Gasteiger charge is 1.80. The summed E-state index contributed by atoms with van der Waals surface area (Å²) in [6.45, 7) is 4.21. The molecule has 0 aliphatic carbocycles. The number of hydrogen-bond acceptors (Lipinski definition) is 2. The molecule has 0 spiro atoms. The van der Waals surface area contributed by atoms with Crippen molar-refractivity contribution in [2.75, 3.05) is 0 Å². The van der Waals surface area contributed by atoms with Crippen molar-refractivity contribution in [1.29, 1.82) is 5.26 Å². The Morgan fingerprint density at radius 1 is 1.27 bits per heavy atom. The van der Waals surface area contributed by atoms with Crippen molar-refractivity contribution in [2.24, 2.45) is 0 Å². The average Bonchev–Trinajstić information content (AvgIpc) is 1.88. The van der Waals surface area contributed by atoms with E-state index in [0.717, 1.165) is 0 Å². The number of thiocyanates is 1. The van der Waals surface area contributed by atoms with E-state index in [1.165, 1.54) is 16.5 Å². The minimum atomic E-state index is 1.34. The highest BCUT2D eigenvalue weighted by Crippen LogP contribution is 2.00. The van der Waals surface area contributed by atoms with E-state index in [4.69, 9.17) is 5.26 Å². The van der Waals surface area contributed by atoms with E-state index < -0.39 is 0 Å². The fourth-order valence-corrected chi connectivity index (χ4v) is 0.807. The van der Waals surface area contributed by atoms with E-state index in [1.807, 2.05) is 0 Å². The molecule has 2 heteroatoms. The van der Waals surface area contributed by atoms with Gasteiger partial charge in [0.05, 0.1) is 0 Å². The van der Waals surface area contributed by atoms with Crippen molar-refractivity contribution in [3.63, 3.8) is 0 Å². The van der Waals surface area contributed by atoms with Crippen molar-refractivity contribution in [2.45, 2.75) is 13.8 Å².